The van der Waals surface area contributed by atoms with Gasteiger partial charge >= 0.3 is 100.0 Å². The van der Waals surface area contributed by atoms with Crippen LogP contribution in [0, 0.1) is 48.5 Å². The molecule has 0 saturated heterocycles. The first-order valence-electron chi connectivity index (χ1n) is 32.9. The number of pyridine rings is 3. The summed E-state index contributed by atoms with van der Waals surface area (Å²) in [5.74, 6) is 0. The summed E-state index contributed by atoms with van der Waals surface area (Å²) in [6, 6.07) is 56.9. The standard InChI is InChI=1S/C55H62N6.C28H33N3.6ClH.3Fe/c1-34-29-42(30-35(2)52(34)58-40(7)50-19-15-17-48(60-50)38(5)56-46-25-21-44(22-26-46)54(9,10)11)33-43-31-36(3)53(37(4)32-43)59-41(8)51-20-16-18-49(61-51)39(6)57-47-27-23-45(24-28-47)55(12,13)14;1-18-16-19(2)27(20(3)17-18)30-22(5)26-11-9-10-25(31-26)21(4)29-24-14-12-23(13-15-24)28(6,7)8;;;;;;;;;/h15-32H,33H2,1-14H3;9-17H,1-8H3;6*1H;;;/q;;;;;;;;3*+2/p-6. The van der Waals surface area contributed by atoms with Crippen molar-refractivity contribution < 1.29 is 39.4 Å². The third-order valence-electron chi connectivity index (χ3n) is 16.5. The molecule has 0 bridgehead atoms. The van der Waals surface area contributed by atoms with E-state index in [2.05, 4.69) is 220 Å². The molecule has 0 aliphatic rings. The van der Waals surface area contributed by atoms with Gasteiger partial charge in [0.1, 0.15) is 0 Å². The molecule has 9 rings (SSSR count). The number of benzene rings is 6. The molecular formula is C83H95Cl6Fe3N9. The molecule has 6 aromatic carbocycles. The third kappa shape index (κ3) is 26.9. The minimum absolute atomic E-state index is 0.104. The minimum atomic E-state index is 0.104. The van der Waals surface area contributed by atoms with E-state index in [1.165, 1.54) is 44.5 Å². The monoisotopic (exact) mass is 1600 g/mol. The van der Waals surface area contributed by atoms with E-state index < -0.39 is 0 Å². The quantitative estimate of drug-likeness (QED) is 0.0798. The molecule has 9 aromatic rings. The van der Waals surface area contributed by atoms with Crippen LogP contribution in [0.2, 0.25) is 0 Å². The van der Waals surface area contributed by atoms with Crippen molar-refractivity contribution in [1.29, 1.82) is 0 Å². The van der Waals surface area contributed by atoms with Crippen molar-refractivity contribution >= 4 is 129 Å². The Bertz CT molecular complexity index is 4190. The van der Waals surface area contributed by atoms with Gasteiger partial charge in [-0.25, -0.2) is 15.0 Å². The van der Waals surface area contributed by atoms with Gasteiger partial charge in [0.05, 0.1) is 103 Å². The molecule has 0 unspecified atom stereocenters. The van der Waals surface area contributed by atoms with Crippen LogP contribution in [0.1, 0.15) is 205 Å². The molecule has 538 valence electrons. The van der Waals surface area contributed by atoms with Crippen LogP contribution < -0.4 is 0 Å². The Morgan fingerprint density at radius 2 is 0.485 bits per heavy atom. The van der Waals surface area contributed by atoms with Crippen molar-refractivity contribution in [3.8, 4) is 0 Å². The van der Waals surface area contributed by atoms with Gasteiger partial charge in [0, 0.05) is 0 Å². The predicted octanol–water partition coefficient (Wildman–Crippen LogP) is 26.2. The fourth-order valence-electron chi connectivity index (χ4n) is 11.3. The van der Waals surface area contributed by atoms with Gasteiger partial charge in [0.15, 0.2) is 0 Å². The van der Waals surface area contributed by atoms with Crippen molar-refractivity contribution in [2.45, 2.75) is 175 Å². The molecule has 18 heteroatoms. The molecule has 0 fully saturated rings. The normalized spacial score (nSPS) is 12.6. The second-order valence-corrected chi connectivity index (χ2v) is 33.5. The molecule has 0 radical (unpaired) electrons. The topological polar surface area (TPSA) is 113 Å². The van der Waals surface area contributed by atoms with Crippen LogP contribution in [-0.4, -0.2) is 49.2 Å². The zero-order valence-electron chi connectivity index (χ0n) is 62.1. The number of hydrogen-bond donors (Lipinski definition) is 0. The van der Waals surface area contributed by atoms with Crippen LogP contribution in [0.25, 0.3) is 0 Å². The maximum absolute atomic E-state index is 5.12. The molecule has 0 aliphatic carbocycles. The Labute approximate surface area is 647 Å². The summed E-state index contributed by atoms with van der Waals surface area (Å²) in [7, 11) is 28.6. The number of aliphatic imine (C=N–C) groups is 6. The van der Waals surface area contributed by atoms with Crippen LogP contribution >= 0.6 is 60.6 Å². The fraction of sp³-hybridized carbons (Fsp3) is 0.313. The zero-order chi connectivity index (χ0) is 75.1. The maximum atomic E-state index is 5.12. The molecule has 0 aliphatic heterocycles. The molecule has 0 atom stereocenters. The first-order valence-corrected chi connectivity index (χ1v) is 42.1. The number of nitrogens with zero attached hydrogens (tertiary/aromatic N) is 9. The molecule has 0 amide bonds. The van der Waals surface area contributed by atoms with Gasteiger partial charge in [-0.05, 0) is 247 Å². The van der Waals surface area contributed by atoms with Gasteiger partial charge in [0.2, 0.25) is 0 Å². The molecule has 101 heavy (non-hydrogen) atoms. The van der Waals surface area contributed by atoms with E-state index in [0.717, 1.165) is 131 Å². The van der Waals surface area contributed by atoms with E-state index in [4.69, 9.17) is 105 Å². The van der Waals surface area contributed by atoms with Crippen LogP contribution in [-0.2, 0) is 62.1 Å². The van der Waals surface area contributed by atoms with Gasteiger partial charge in [-0.2, -0.15) is 0 Å². The Morgan fingerprint density at radius 3 is 0.683 bits per heavy atom. The number of hydrogen-bond acceptors (Lipinski definition) is 9. The average Bonchev–Trinajstić information content (AvgIpc) is 0.822. The van der Waals surface area contributed by atoms with Crippen molar-refractivity contribution in [2.24, 2.45) is 30.0 Å². The molecule has 0 saturated carbocycles. The van der Waals surface area contributed by atoms with Crippen molar-refractivity contribution in [3.05, 3.63) is 265 Å². The Hall–Kier alpha value is -5.91. The average molecular weight is 1600 g/mol. The van der Waals surface area contributed by atoms with E-state index in [1.54, 1.807) is 0 Å². The summed E-state index contributed by atoms with van der Waals surface area (Å²) in [5, 5.41) is 0. The van der Waals surface area contributed by atoms with Crippen LogP contribution in [0.4, 0.5) is 34.1 Å². The number of aryl methyl sites for hydroxylation is 7. The molecule has 3 aromatic heterocycles. The summed E-state index contributed by atoms with van der Waals surface area (Å²) in [6.45, 7) is 47.0. The van der Waals surface area contributed by atoms with Crippen LogP contribution in [0.15, 0.2) is 194 Å². The van der Waals surface area contributed by atoms with E-state index in [-0.39, 0.29) is 55.6 Å². The SMILES string of the molecule is CC(=Nc1ccc(C(C)(C)C)cc1)c1cccc(C(C)=Nc2c(C)cc(C)cc2C)n1.CC(=Nc1ccc(C(C)(C)C)cc1)c1cccc(C(C)=Nc2c(C)cc(Cc3cc(C)c(N=C(C)c4cccc(C(C)=Nc5ccc(C(C)(C)C)cc5)n4)c(C)c3)cc2C)n1.[Cl][Fe][Cl].[Cl][Fe][Cl].[Cl][Fe][Cl]. The van der Waals surface area contributed by atoms with Gasteiger partial charge in [0.25, 0.3) is 0 Å². The number of aromatic nitrogens is 3. The summed E-state index contributed by atoms with van der Waals surface area (Å²) in [4.78, 5) is 44.4. The van der Waals surface area contributed by atoms with E-state index in [9.17, 15) is 0 Å². The van der Waals surface area contributed by atoms with Crippen LogP contribution in [0.3, 0.4) is 0 Å². The van der Waals surface area contributed by atoms with Gasteiger partial charge in [-0.15, -0.1) is 0 Å². The van der Waals surface area contributed by atoms with Gasteiger partial charge in [-0.3, -0.25) is 30.0 Å². The molecule has 0 spiro atoms. The van der Waals surface area contributed by atoms with Crippen molar-refractivity contribution in [1.82, 2.24) is 15.0 Å². The fourth-order valence-corrected chi connectivity index (χ4v) is 11.3. The van der Waals surface area contributed by atoms with E-state index >= 15 is 0 Å². The second-order valence-electron chi connectivity index (χ2n) is 28.0. The van der Waals surface area contributed by atoms with E-state index in [0.29, 0.717) is 0 Å². The Morgan fingerprint density at radius 1 is 0.297 bits per heavy atom. The molecule has 9 nitrogen and oxygen atoms in total. The van der Waals surface area contributed by atoms with Gasteiger partial charge in [-0.1, -0.05) is 159 Å². The summed E-state index contributed by atoms with van der Waals surface area (Å²) in [6.07, 6.45) is 0.817. The number of rotatable bonds is 14. The first-order chi connectivity index (χ1) is 47.5. The number of halogens is 6. The first kappa shape index (κ1) is 85.7. The molecule has 3 heterocycles. The Kier molecular flexibility index (Phi) is 34.3. The van der Waals surface area contributed by atoms with Crippen LogP contribution in [0.5, 0.6) is 0 Å². The van der Waals surface area contributed by atoms with Gasteiger partial charge < -0.3 is 0 Å². The predicted molar refractivity (Wildman–Crippen MR) is 430 cm³/mol. The van der Waals surface area contributed by atoms with Crippen molar-refractivity contribution in [3.63, 3.8) is 0 Å². The van der Waals surface area contributed by atoms with Crippen molar-refractivity contribution in [2.75, 3.05) is 0 Å². The Balaban J connectivity index is 0.000000382. The zero-order valence-corrected chi connectivity index (χ0v) is 70.0. The molecular weight excluding hydrogens is 1500 g/mol. The summed E-state index contributed by atoms with van der Waals surface area (Å²) in [5.41, 5.74) is 31.1. The second kappa shape index (κ2) is 40.4. The third-order valence-corrected chi connectivity index (χ3v) is 16.5. The molecule has 0 N–H and O–H groups in total. The summed E-state index contributed by atoms with van der Waals surface area (Å²) >= 11 is 0.583. The van der Waals surface area contributed by atoms with E-state index in [1.807, 2.05) is 96.1 Å². The summed E-state index contributed by atoms with van der Waals surface area (Å²) < 4.78 is 0.